The fraction of sp³-hybridized carbons (Fsp3) is 1.00. The number of thioether (sulfide) groups is 2. The van der Waals surface area contributed by atoms with Crippen molar-refractivity contribution < 1.29 is 4.48 Å². The van der Waals surface area contributed by atoms with Gasteiger partial charge in [0.2, 0.25) is 0 Å². The first-order valence-electron chi connectivity index (χ1n) is 3.73. The van der Waals surface area contributed by atoms with E-state index in [0.717, 1.165) is 16.0 Å². The number of hydrogen-bond donors (Lipinski definition) is 0. The van der Waals surface area contributed by atoms with Gasteiger partial charge in [-0.2, -0.15) is 0 Å². The SMILES string of the molecule is CC1CSC2SC2[N+]1(C)C. The average molecular weight is 176 g/mol. The van der Waals surface area contributed by atoms with Crippen molar-refractivity contribution in [2.45, 2.75) is 22.9 Å². The van der Waals surface area contributed by atoms with Gasteiger partial charge in [0.15, 0.2) is 5.37 Å². The molecule has 1 nitrogen and oxygen atoms in total. The largest absolute Gasteiger partial charge is 0.313 e. The van der Waals surface area contributed by atoms with Gasteiger partial charge in [0.05, 0.1) is 20.1 Å². The van der Waals surface area contributed by atoms with Crippen molar-refractivity contribution in [1.82, 2.24) is 0 Å². The van der Waals surface area contributed by atoms with Crippen molar-refractivity contribution in [3.05, 3.63) is 0 Å². The first-order valence-corrected chi connectivity index (χ1v) is 5.72. The highest BCUT2D eigenvalue weighted by Gasteiger charge is 2.56. The second-order valence-corrected chi connectivity index (χ2v) is 6.44. The fourth-order valence-corrected chi connectivity index (χ4v) is 4.84. The first-order chi connectivity index (χ1) is 4.62. The molecular formula is C7H14NS2+. The topological polar surface area (TPSA) is 0 Å². The molecule has 0 aromatic carbocycles. The van der Waals surface area contributed by atoms with Crippen molar-refractivity contribution in [1.29, 1.82) is 0 Å². The molecule has 0 saturated carbocycles. The molecule has 2 heterocycles. The van der Waals surface area contributed by atoms with E-state index >= 15 is 0 Å². The van der Waals surface area contributed by atoms with Gasteiger partial charge >= 0.3 is 0 Å². The first kappa shape index (κ1) is 7.32. The monoisotopic (exact) mass is 176 g/mol. The van der Waals surface area contributed by atoms with Gasteiger partial charge in [-0.3, -0.25) is 0 Å². The summed E-state index contributed by atoms with van der Waals surface area (Å²) in [5.41, 5.74) is 0. The number of nitrogens with zero attached hydrogens (tertiary/aromatic N) is 1. The minimum atomic E-state index is 0.848. The Kier molecular flexibility index (Phi) is 1.52. The minimum Gasteiger partial charge on any atom is -0.313 e. The van der Waals surface area contributed by atoms with E-state index in [4.69, 9.17) is 0 Å². The molecule has 3 heteroatoms. The third kappa shape index (κ3) is 0.908. The summed E-state index contributed by atoms with van der Waals surface area (Å²) in [5.74, 6) is 1.35. The Morgan fingerprint density at radius 2 is 2.10 bits per heavy atom. The zero-order valence-electron chi connectivity index (χ0n) is 6.70. The van der Waals surface area contributed by atoms with E-state index in [9.17, 15) is 0 Å². The Hall–Kier alpha value is 0.660. The zero-order chi connectivity index (χ0) is 7.35. The molecule has 0 N–H and O–H groups in total. The van der Waals surface area contributed by atoms with Gasteiger partial charge in [-0.05, 0) is 6.92 Å². The van der Waals surface area contributed by atoms with Gasteiger partial charge in [-0.25, -0.2) is 0 Å². The van der Waals surface area contributed by atoms with Gasteiger partial charge in [0, 0.05) is 5.75 Å². The van der Waals surface area contributed by atoms with Crippen LogP contribution in [0.25, 0.3) is 0 Å². The Morgan fingerprint density at radius 3 is 2.70 bits per heavy atom. The highest BCUT2D eigenvalue weighted by atomic mass is 32.2. The Labute approximate surface area is 71.1 Å². The lowest BCUT2D eigenvalue weighted by Gasteiger charge is -2.38. The summed E-state index contributed by atoms with van der Waals surface area (Å²) >= 11 is 4.29. The van der Waals surface area contributed by atoms with Crippen LogP contribution < -0.4 is 0 Å². The number of quaternary nitrogens is 1. The molecule has 0 bridgehead atoms. The van der Waals surface area contributed by atoms with E-state index in [1.54, 1.807) is 0 Å². The van der Waals surface area contributed by atoms with Crippen LogP contribution in [-0.2, 0) is 0 Å². The molecule has 2 fully saturated rings. The predicted molar refractivity (Wildman–Crippen MR) is 49.2 cm³/mol. The van der Waals surface area contributed by atoms with Crippen LogP contribution >= 0.6 is 23.5 Å². The van der Waals surface area contributed by atoms with Crippen LogP contribution in [0.15, 0.2) is 0 Å². The van der Waals surface area contributed by atoms with Gasteiger partial charge in [0.25, 0.3) is 0 Å². The molecule has 3 unspecified atom stereocenters. The molecule has 2 saturated heterocycles. The van der Waals surface area contributed by atoms with Crippen molar-refractivity contribution in [3.63, 3.8) is 0 Å². The molecule has 0 aromatic heterocycles. The molecule has 2 aliphatic heterocycles. The third-order valence-corrected chi connectivity index (χ3v) is 6.20. The quantitative estimate of drug-likeness (QED) is 0.406. The van der Waals surface area contributed by atoms with Crippen LogP contribution in [0.5, 0.6) is 0 Å². The van der Waals surface area contributed by atoms with Crippen molar-refractivity contribution in [2.75, 3.05) is 19.8 Å². The highest BCUT2D eigenvalue weighted by molar-refractivity contribution is 8.23. The molecule has 0 amide bonds. The molecule has 58 valence electrons. The van der Waals surface area contributed by atoms with Crippen LogP contribution in [0.1, 0.15) is 6.92 Å². The maximum atomic E-state index is 2.36. The third-order valence-electron chi connectivity index (χ3n) is 2.72. The summed E-state index contributed by atoms with van der Waals surface area (Å²) < 4.78 is 2.17. The van der Waals surface area contributed by atoms with Crippen LogP contribution in [-0.4, -0.2) is 40.3 Å². The van der Waals surface area contributed by atoms with E-state index in [1.807, 2.05) is 0 Å². The summed E-state index contributed by atoms with van der Waals surface area (Å²) in [6, 6.07) is 0.848. The van der Waals surface area contributed by atoms with E-state index < -0.39 is 0 Å². The Morgan fingerprint density at radius 1 is 1.40 bits per heavy atom. The van der Waals surface area contributed by atoms with E-state index in [-0.39, 0.29) is 0 Å². The van der Waals surface area contributed by atoms with Crippen molar-refractivity contribution >= 4 is 23.5 Å². The van der Waals surface area contributed by atoms with Crippen LogP contribution in [0.3, 0.4) is 0 Å². The number of rotatable bonds is 0. The van der Waals surface area contributed by atoms with Crippen LogP contribution in [0.2, 0.25) is 0 Å². The van der Waals surface area contributed by atoms with E-state index in [0.29, 0.717) is 0 Å². The predicted octanol–water partition coefficient (Wildman–Crippen LogP) is 1.60. The van der Waals surface area contributed by atoms with Crippen LogP contribution in [0.4, 0.5) is 0 Å². The van der Waals surface area contributed by atoms with Gasteiger partial charge < -0.3 is 4.48 Å². The second-order valence-electron chi connectivity index (χ2n) is 3.71. The summed E-state index contributed by atoms with van der Waals surface area (Å²) in [6.07, 6.45) is 0. The molecule has 3 atom stereocenters. The molecule has 2 rings (SSSR count). The van der Waals surface area contributed by atoms with Gasteiger partial charge in [0.1, 0.15) is 4.58 Å². The highest BCUT2D eigenvalue weighted by Crippen LogP contribution is 2.56. The molecule has 0 spiro atoms. The smallest absolute Gasteiger partial charge is 0.158 e. The Bertz CT molecular complexity index is 154. The molecular weight excluding hydrogens is 162 g/mol. The van der Waals surface area contributed by atoms with Gasteiger partial charge in [-0.15, -0.1) is 11.8 Å². The fourth-order valence-electron chi connectivity index (χ4n) is 1.36. The van der Waals surface area contributed by atoms with E-state index in [1.165, 1.54) is 10.2 Å². The van der Waals surface area contributed by atoms with Gasteiger partial charge in [-0.1, -0.05) is 11.8 Å². The number of fused-ring (bicyclic) bond motifs is 1. The second kappa shape index (κ2) is 2.08. The standard InChI is InChI=1S/C7H14NS2/c1-5-4-9-7-6(10-7)8(5,2)3/h5-7H,4H2,1-3H3/q+1. The lowest BCUT2D eigenvalue weighted by Crippen LogP contribution is -2.53. The van der Waals surface area contributed by atoms with Crippen molar-refractivity contribution in [2.24, 2.45) is 0 Å². The van der Waals surface area contributed by atoms with Crippen LogP contribution in [0, 0.1) is 0 Å². The van der Waals surface area contributed by atoms with Crippen molar-refractivity contribution in [3.8, 4) is 0 Å². The maximum absolute atomic E-state index is 2.36. The Balaban J connectivity index is 2.14. The summed E-state index contributed by atoms with van der Waals surface area (Å²) in [5, 5.41) is 0.911. The molecule has 10 heavy (non-hydrogen) atoms. The molecule has 0 radical (unpaired) electrons. The number of hydrogen-bond acceptors (Lipinski definition) is 2. The minimum absolute atomic E-state index is 0.848. The molecule has 0 aliphatic carbocycles. The maximum Gasteiger partial charge on any atom is 0.158 e. The average Bonchev–Trinajstić information content (AvgIpc) is 2.58. The molecule has 0 aromatic rings. The zero-order valence-corrected chi connectivity index (χ0v) is 8.34. The molecule has 2 aliphatic rings. The lowest BCUT2D eigenvalue weighted by atomic mass is 10.3. The summed E-state index contributed by atoms with van der Waals surface area (Å²) in [7, 11) is 4.73. The van der Waals surface area contributed by atoms with E-state index in [2.05, 4.69) is 44.5 Å². The summed E-state index contributed by atoms with van der Waals surface area (Å²) in [6.45, 7) is 2.36. The lowest BCUT2D eigenvalue weighted by molar-refractivity contribution is -0.914. The summed E-state index contributed by atoms with van der Waals surface area (Å²) in [4.78, 5) is 0. The normalized spacial score (nSPS) is 50.1.